The number of likely N-dealkylation sites (tertiary alicyclic amines) is 1. The van der Waals surface area contributed by atoms with Crippen LogP contribution < -0.4 is 5.32 Å². The summed E-state index contributed by atoms with van der Waals surface area (Å²) in [6.07, 6.45) is 5.27. The third-order valence-electron chi connectivity index (χ3n) is 3.78. The Balaban J connectivity index is 2.26. The molecule has 2 heteroatoms. The summed E-state index contributed by atoms with van der Waals surface area (Å²) in [6.45, 7) is 10.7. The molecule has 1 atom stereocenters. The van der Waals surface area contributed by atoms with Crippen LogP contribution in [0.5, 0.6) is 0 Å². The van der Waals surface area contributed by atoms with E-state index in [1.54, 1.807) is 0 Å². The smallest absolute Gasteiger partial charge is 0.00799 e. The van der Waals surface area contributed by atoms with E-state index in [0.717, 1.165) is 12.6 Å². The first kappa shape index (κ1) is 13.0. The van der Waals surface area contributed by atoms with Gasteiger partial charge in [0, 0.05) is 12.6 Å². The third kappa shape index (κ3) is 4.98. The number of nitrogens with one attached hydrogen (secondary N) is 1. The Morgan fingerprint density at radius 2 is 2.00 bits per heavy atom. The molecule has 90 valence electrons. The highest BCUT2D eigenvalue weighted by atomic mass is 15.1. The van der Waals surface area contributed by atoms with Crippen LogP contribution in [0.25, 0.3) is 0 Å². The minimum absolute atomic E-state index is 0.457. The van der Waals surface area contributed by atoms with Crippen LogP contribution >= 0.6 is 0 Å². The first-order chi connectivity index (χ1) is 7.03. The molecule has 0 spiro atoms. The molecule has 1 heterocycles. The average Bonchev–Trinajstić information content (AvgIpc) is 2.40. The molecule has 1 aliphatic heterocycles. The fourth-order valence-corrected chi connectivity index (χ4v) is 1.99. The molecule has 1 saturated heterocycles. The van der Waals surface area contributed by atoms with E-state index in [4.69, 9.17) is 0 Å². The second-order valence-corrected chi connectivity index (χ2v) is 5.83. The van der Waals surface area contributed by atoms with Gasteiger partial charge in [0.1, 0.15) is 0 Å². The van der Waals surface area contributed by atoms with Crippen molar-refractivity contribution in [2.75, 3.05) is 26.7 Å². The van der Waals surface area contributed by atoms with Gasteiger partial charge < -0.3 is 10.2 Å². The number of hydrogen-bond donors (Lipinski definition) is 1. The maximum absolute atomic E-state index is 3.75. The summed E-state index contributed by atoms with van der Waals surface area (Å²) in [4.78, 5) is 2.45. The van der Waals surface area contributed by atoms with Crippen LogP contribution in [0, 0.1) is 5.41 Å². The molecular weight excluding hydrogens is 184 g/mol. The molecule has 1 fully saturated rings. The van der Waals surface area contributed by atoms with Gasteiger partial charge >= 0.3 is 0 Å². The van der Waals surface area contributed by atoms with Crippen LogP contribution in [-0.2, 0) is 0 Å². The minimum Gasteiger partial charge on any atom is -0.313 e. The summed E-state index contributed by atoms with van der Waals surface area (Å²) in [5.41, 5.74) is 0.457. The monoisotopic (exact) mass is 212 g/mol. The van der Waals surface area contributed by atoms with Crippen LogP contribution in [0.2, 0.25) is 0 Å². The van der Waals surface area contributed by atoms with Gasteiger partial charge in [0.05, 0.1) is 0 Å². The van der Waals surface area contributed by atoms with Crippen LogP contribution in [0.15, 0.2) is 0 Å². The first-order valence-corrected chi connectivity index (χ1v) is 6.45. The van der Waals surface area contributed by atoms with Crippen molar-refractivity contribution in [2.24, 2.45) is 5.41 Å². The maximum atomic E-state index is 3.75. The van der Waals surface area contributed by atoms with Gasteiger partial charge in [-0.3, -0.25) is 0 Å². The fourth-order valence-electron chi connectivity index (χ4n) is 1.99. The van der Waals surface area contributed by atoms with Gasteiger partial charge in [0.2, 0.25) is 0 Å². The summed E-state index contributed by atoms with van der Waals surface area (Å²) in [5.74, 6) is 0. The predicted octanol–water partition coefficient (Wildman–Crippen LogP) is 2.50. The highest BCUT2D eigenvalue weighted by molar-refractivity contribution is 4.77. The predicted molar refractivity (Wildman–Crippen MR) is 67.2 cm³/mol. The highest BCUT2D eigenvalue weighted by Gasteiger charge is 2.19. The van der Waals surface area contributed by atoms with Gasteiger partial charge in [-0.1, -0.05) is 20.8 Å². The molecule has 1 unspecified atom stereocenters. The SMILES string of the molecule is CCC(C)(C)CNC1CCCN(C)CC1. The summed E-state index contributed by atoms with van der Waals surface area (Å²) in [7, 11) is 2.23. The zero-order valence-corrected chi connectivity index (χ0v) is 11.0. The average molecular weight is 212 g/mol. The summed E-state index contributed by atoms with van der Waals surface area (Å²) < 4.78 is 0. The van der Waals surface area contributed by atoms with E-state index < -0.39 is 0 Å². The van der Waals surface area contributed by atoms with Crippen molar-refractivity contribution >= 4 is 0 Å². The van der Waals surface area contributed by atoms with Gasteiger partial charge in [-0.2, -0.15) is 0 Å². The molecule has 0 aromatic carbocycles. The van der Waals surface area contributed by atoms with E-state index >= 15 is 0 Å². The summed E-state index contributed by atoms with van der Waals surface area (Å²) in [6, 6.07) is 0.751. The van der Waals surface area contributed by atoms with E-state index in [-0.39, 0.29) is 0 Å². The van der Waals surface area contributed by atoms with E-state index in [2.05, 4.69) is 38.0 Å². The molecule has 0 amide bonds. The van der Waals surface area contributed by atoms with Crippen molar-refractivity contribution in [1.82, 2.24) is 10.2 Å². The Hall–Kier alpha value is -0.0800. The van der Waals surface area contributed by atoms with Gasteiger partial charge in [-0.15, -0.1) is 0 Å². The lowest BCUT2D eigenvalue weighted by atomic mass is 9.90. The molecule has 0 bridgehead atoms. The lowest BCUT2D eigenvalue weighted by Crippen LogP contribution is -2.37. The summed E-state index contributed by atoms with van der Waals surface area (Å²) >= 11 is 0. The van der Waals surface area contributed by atoms with Gasteiger partial charge in [0.25, 0.3) is 0 Å². The van der Waals surface area contributed by atoms with Gasteiger partial charge in [0.15, 0.2) is 0 Å². The normalized spacial score (nSPS) is 25.2. The van der Waals surface area contributed by atoms with Crippen LogP contribution in [-0.4, -0.2) is 37.6 Å². The molecule has 1 N–H and O–H groups in total. The van der Waals surface area contributed by atoms with Crippen molar-refractivity contribution in [1.29, 1.82) is 0 Å². The van der Waals surface area contributed by atoms with Crippen molar-refractivity contribution < 1.29 is 0 Å². The quantitative estimate of drug-likeness (QED) is 0.770. The third-order valence-corrected chi connectivity index (χ3v) is 3.78. The number of rotatable bonds is 4. The van der Waals surface area contributed by atoms with Crippen molar-refractivity contribution in [3.63, 3.8) is 0 Å². The first-order valence-electron chi connectivity index (χ1n) is 6.45. The zero-order valence-electron chi connectivity index (χ0n) is 11.0. The lowest BCUT2D eigenvalue weighted by molar-refractivity contribution is 0.295. The molecule has 0 aromatic rings. The molecule has 1 aliphatic rings. The van der Waals surface area contributed by atoms with E-state index in [9.17, 15) is 0 Å². The highest BCUT2D eigenvalue weighted by Crippen LogP contribution is 2.19. The Morgan fingerprint density at radius 3 is 2.67 bits per heavy atom. The number of nitrogens with zero attached hydrogens (tertiary/aromatic N) is 1. The second-order valence-electron chi connectivity index (χ2n) is 5.83. The van der Waals surface area contributed by atoms with Crippen LogP contribution in [0.1, 0.15) is 46.5 Å². The van der Waals surface area contributed by atoms with Gasteiger partial charge in [-0.25, -0.2) is 0 Å². The van der Waals surface area contributed by atoms with Crippen LogP contribution in [0.3, 0.4) is 0 Å². The van der Waals surface area contributed by atoms with E-state index in [0.29, 0.717) is 5.41 Å². The molecular formula is C13H28N2. The molecule has 0 aromatic heterocycles. The lowest BCUT2D eigenvalue weighted by Gasteiger charge is -2.26. The second kappa shape index (κ2) is 5.86. The van der Waals surface area contributed by atoms with Crippen molar-refractivity contribution in [3.8, 4) is 0 Å². The summed E-state index contributed by atoms with van der Waals surface area (Å²) in [5, 5.41) is 3.75. The molecule has 1 rings (SSSR count). The molecule has 2 nitrogen and oxygen atoms in total. The topological polar surface area (TPSA) is 15.3 Å². The fraction of sp³-hybridized carbons (Fsp3) is 1.00. The van der Waals surface area contributed by atoms with E-state index in [1.807, 2.05) is 0 Å². The largest absolute Gasteiger partial charge is 0.313 e. The molecule has 15 heavy (non-hydrogen) atoms. The zero-order chi connectivity index (χ0) is 11.3. The Labute approximate surface area is 95.4 Å². The number of hydrogen-bond acceptors (Lipinski definition) is 2. The van der Waals surface area contributed by atoms with Crippen molar-refractivity contribution in [3.05, 3.63) is 0 Å². The molecule has 0 saturated carbocycles. The Morgan fingerprint density at radius 1 is 1.27 bits per heavy atom. The molecule has 0 radical (unpaired) electrons. The maximum Gasteiger partial charge on any atom is 0.00799 e. The molecule has 0 aliphatic carbocycles. The van der Waals surface area contributed by atoms with Crippen molar-refractivity contribution in [2.45, 2.75) is 52.5 Å². The standard InChI is InChI=1S/C13H28N2/c1-5-13(2,3)11-14-12-7-6-9-15(4)10-8-12/h12,14H,5-11H2,1-4H3. The Kier molecular flexibility index (Phi) is 5.07. The Bertz CT molecular complexity index is 177. The van der Waals surface area contributed by atoms with E-state index in [1.165, 1.54) is 38.8 Å². The minimum atomic E-state index is 0.457. The van der Waals surface area contributed by atoms with Crippen LogP contribution in [0.4, 0.5) is 0 Å². The van der Waals surface area contributed by atoms with Gasteiger partial charge in [-0.05, 0) is 51.2 Å².